The minimum Gasteiger partial charge on any atom is -0.490 e. The van der Waals surface area contributed by atoms with Gasteiger partial charge in [-0.2, -0.15) is 0 Å². The maximum absolute atomic E-state index is 11.8. The van der Waals surface area contributed by atoms with Crippen LogP contribution in [0.5, 0.6) is 0 Å². The summed E-state index contributed by atoms with van der Waals surface area (Å²) in [6.07, 6.45) is 2.64. The minimum absolute atomic E-state index is 0.0579. The molecule has 2 nitrogen and oxygen atoms in total. The van der Waals surface area contributed by atoms with E-state index in [0.29, 0.717) is 6.42 Å². The SMILES string of the molecule is CC(C)(C)C1=CC(c2ccccc2)CC(=O)CO1. The van der Waals surface area contributed by atoms with Gasteiger partial charge in [-0.15, -0.1) is 0 Å². The number of rotatable bonds is 1. The van der Waals surface area contributed by atoms with Gasteiger partial charge in [0.2, 0.25) is 0 Å². The van der Waals surface area contributed by atoms with Crippen LogP contribution in [0.2, 0.25) is 0 Å². The Labute approximate surface area is 109 Å². The van der Waals surface area contributed by atoms with E-state index in [9.17, 15) is 4.79 Å². The van der Waals surface area contributed by atoms with Crippen LogP contribution in [0.1, 0.15) is 38.7 Å². The smallest absolute Gasteiger partial charge is 0.171 e. The molecule has 0 amide bonds. The van der Waals surface area contributed by atoms with Crippen molar-refractivity contribution in [2.45, 2.75) is 33.1 Å². The van der Waals surface area contributed by atoms with Crippen molar-refractivity contribution in [1.29, 1.82) is 0 Å². The first-order valence-corrected chi connectivity index (χ1v) is 6.38. The molecule has 0 bridgehead atoms. The van der Waals surface area contributed by atoms with E-state index >= 15 is 0 Å². The molecule has 0 aromatic heterocycles. The second-order valence-corrected chi connectivity index (χ2v) is 5.83. The molecule has 0 saturated heterocycles. The molecule has 0 saturated carbocycles. The molecule has 0 fully saturated rings. The third-order valence-electron chi connectivity index (χ3n) is 3.16. The normalized spacial score (nSPS) is 20.9. The lowest BCUT2D eigenvalue weighted by molar-refractivity contribution is -0.122. The second-order valence-electron chi connectivity index (χ2n) is 5.83. The van der Waals surface area contributed by atoms with Crippen LogP contribution in [0.3, 0.4) is 0 Å². The minimum atomic E-state index is -0.0579. The highest BCUT2D eigenvalue weighted by Gasteiger charge is 2.26. The van der Waals surface area contributed by atoms with Crippen LogP contribution in [-0.2, 0) is 9.53 Å². The van der Waals surface area contributed by atoms with Crippen LogP contribution in [0.15, 0.2) is 42.2 Å². The molecule has 0 N–H and O–H groups in total. The van der Waals surface area contributed by atoms with Crippen LogP contribution in [0, 0.1) is 5.41 Å². The number of benzene rings is 1. The lowest BCUT2D eigenvalue weighted by Gasteiger charge is -2.22. The summed E-state index contributed by atoms with van der Waals surface area (Å²) >= 11 is 0. The van der Waals surface area contributed by atoms with Gasteiger partial charge in [0.15, 0.2) is 5.78 Å². The van der Waals surface area contributed by atoms with Gasteiger partial charge in [-0.05, 0) is 11.6 Å². The summed E-state index contributed by atoms with van der Waals surface area (Å²) in [4.78, 5) is 11.8. The zero-order valence-corrected chi connectivity index (χ0v) is 11.3. The fourth-order valence-corrected chi connectivity index (χ4v) is 2.13. The fraction of sp³-hybridized carbons (Fsp3) is 0.438. The van der Waals surface area contributed by atoms with Crippen molar-refractivity contribution in [3.8, 4) is 0 Å². The van der Waals surface area contributed by atoms with Crippen molar-refractivity contribution in [2.24, 2.45) is 5.41 Å². The first kappa shape index (κ1) is 12.9. The standard InChI is InChI=1S/C16H20O2/c1-16(2,3)15-10-13(9-14(17)11-18-15)12-7-5-4-6-8-12/h4-8,10,13H,9,11H2,1-3H3. The number of ether oxygens (including phenoxy) is 1. The van der Waals surface area contributed by atoms with E-state index in [1.807, 2.05) is 18.2 Å². The number of hydrogen-bond donors (Lipinski definition) is 0. The van der Waals surface area contributed by atoms with Crippen LogP contribution in [0.25, 0.3) is 0 Å². The van der Waals surface area contributed by atoms with E-state index in [2.05, 4.69) is 39.0 Å². The largest absolute Gasteiger partial charge is 0.490 e. The molecule has 1 heterocycles. The first-order chi connectivity index (χ1) is 8.47. The van der Waals surface area contributed by atoms with Gasteiger partial charge in [0.25, 0.3) is 0 Å². The number of hydrogen-bond acceptors (Lipinski definition) is 2. The molecule has 0 aliphatic carbocycles. The third kappa shape index (κ3) is 3.00. The molecule has 2 heteroatoms. The molecule has 1 aromatic carbocycles. The second kappa shape index (κ2) is 4.97. The van der Waals surface area contributed by atoms with Crippen LogP contribution >= 0.6 is 0 Å². The van der Waals surface area contributed by atoms with Crippen LogP contribution in [0.4, 0.5) is 0 Å². The van der Waals surface area contributed by atoms with Gasteiger partial charge < -0.3 is 4.74 Å². The van der Waals surface area contributed by atoms with Crippen molar-refractivity contribution in [2.75, 3.05) is 6.61 Å². The summed E-state index contributed by atoms with van der Waals surface area (Å²) in [6, 6.07) is 10.2. The molecular weight excluding hydrogens is 224 g/mol. The number of carbonyl (C=O) groups is 1. The molecule has 2 rings (SSSR count). The lowest BCUT2D eigenvalue weighted by Crippen LogP contribution is -2.14. The van der Waals surface area contributed by atoms with E-state index in [4.69, 9.17) is 4.74 Å². The maximum Gasteiger partial charge on any atom is 0.171 e. The highest BCUT2D eigenvalue weighted by Crippen LogP contribution is 2.33. The average Bonchev–Trinajstić information content (AvgIpc) is 2.52. The van der Waals surface area contributed by atoms with Crippen molar-refractivity contribution in [3.05, 3.63) is 47.7 Å². The summed E-state index contributed by atoms with van der Waals surface area (Å²) in [7, 11) is 0. The van der Waals surface area contributed by atoms with Gasteiger partial charge in [0.05, 0.1) is 5.76 Å². The number of ketones is 1. The Morgan fingerprint density at radius 2 is 1.83 bits per heavy atom. The molecule has 0 spiro atoms. The predicted octanol–water partition coefficient (Wildman–Crippen LogP) is 3.69. The van der Waals surface area contributed by atoms with Crippen molar-refractivity contribution in [3.63, 3.8) is 0 Å². The van der Waals surface area contributed by atoms with E-state index < -0.39 is 0 Å². The number of allylic oxidation sites excluding steroid dienone is 2. The molecule has 1 atom stereocenters. The number of carbonyl (C=O) groups excluding carboxylic acids is 1. The van der Waals surface area contributed by atoms with Crippen LogP contribution in [-0.4, -0.2) is 12.4 Å². The Bertz CT molecular complexity index is 452. The molecule has 1 unspecified atom stereocenters. The van der Waals surface area contributed by atoms with E-state index in [0.717, 1.165) is 5.76 Å². The number of Topliss-reactive ketones (excluding diaryl/α,β-unsaturated/α-hetero) is 1. The fourth-order valence-electron chi connectivity index (χ4n) is 2.13. The van der Waals surface area contributed by atoms with E-state index in [1.54, 1.807) is 0 Å². The molecule has 1 aromatic rings. The zero-order valence-electron chi connectivity index (χ0n) is 11.3. The quantitative estimate of drug-likeness (QED) is 0.753. The Morgan fingerprint density at radius 1 is 1.17 bits per heavy atom. The van der Waals surface area contributed by atoms with Crippen molar-refractivity contribution >= 4 is 5.78 Å². The lowest BCUT2D eigenvalue weighted by atomic mass is 9.88. The van der Waals surface area contributed by atoms with Gasteiger partial charge in [0.1, 0.15) is 6.61 Å². The summed E-state index contributed by atoms with van der Waals surface area (Å²) in [5.74, 6) is 1.22. The summed E-state index contributed by atoms with van der Waals surface area (Å²) in [5.41, 5.74) is 1.12. The Kier molecular flexibility index (Phi) is 3.55. The van der Waals surface area contributed by atoms with Gasteiger partial charge in [-0.25, -0.2) is 0 Å². The maximum atomic E-state index is 11.8. The Balaban J connectivity index is 2.34. The molecule has 1 aliphatic rings. The van der Waals surface area contributed by atoms with E-state index in [1.165, 1.54) is 5.56 Å². The molecular formula is C16H20O2. The topological polar surface area (TPSA) is 26.3 Å². The van der Waals surface area contributed by atoms with Gasteiger partial charge >= 0.3 is 0 Å². The van der Waals surface area contributed by atoms with Gasteiger partial charge in [-0.3, -0.25) is 4.79 Å². The highest BCUT2D eigenvalue weighted by molar-refractivity contribution is 5.81. The average molecular weight is 244 g/mol. The van der Waals surface area contributed by atoms with Gasteiger partial charge in [0, 0.05) is 17.8 Å². The third-order valence-corrected chi connectivity index (χ3v) is 3.16. The summed E-state index contributed by atoms with van der Waals surface area (Å²) < 4.78 is 5.64. The molecule has 0 radical (unpaired) electrons. The van der Waals surface area contributed by atoms with Crippen molar-refractivity contribution < 1.29 is 9.53 Å². The summed E-state index contributed by atoms with van der Waals surface area (Å²) in [6.45, 7) is 6.52. The summed E-state index contributed by atoms with van der Waals surface area (Å²) in [5, 5.41) is 0. The van der Waals surface area contributed by atoms with E-state index in [-0.39, 0.29) is 23.7 Å². The predicted molar refractivity (Wildman–Crippen MR) is 72.3 cm³/mol. The highest BCUT2D eigenvalue weighted by atomic mass is 16.5. The van der Waals surface area contributed by atoms with Crippen molar-refractivity contribution in [1.82, 2.24) is 0 Å². The van der Waals surface area contributed by atoms with Gasteiger partial charge in [-0.1, -0.05) is 51.1 Å². The zero-order chi connectivity index (χ0) is 13.2. The molecule has 1 aliphatic heterocycles. The monoisotopic (exact) mass is 244 g/mol. The van der Waals surface area contributed by atoms with Crippen LogP contribution < -0.4 is 0 Å². The molecule has 96 valence electrons. The Morgan fingerprint density at radius 3 is 2.44 bits per heavy atom. The Hall–Kier alpha value is -1.57. The molecule has 18 heavy (non-hydrogen) atoms. The first-order valence-electron chi connectivity index (χ1n) is 6.38.